The van der Waals surface area contributed by atoms with E-state index in [0.717, 1.165) is 33.0 Å². The van der Waals surface area contributed by atoms with E-state index in [2.05, 4.69) is 0 Å². The van der Waals surface area contributed by atoms with Crippen LogP contribution in [0.25, 0.3) is 0 Å². The molecule has 0 aromatic heterocycles. The molecule has 0 heterocycles. The number of aryl methyl sites for hydroxylation is 2. The topological polar surface area (TPSA) is 9.23 Å². The summed E-state index contributed by atoms with van der Waals surface area (Å²) < 4.78 is 5.26. The van der Waals surface area contributed by atoms with Gasteiger partial charge < -0.3 is 4.74 Å². The largest absolute Gasteiger partial charge is 0.496 e. The highest BCUT2D eigenvalue weighted by Gasteiger charge is 2.16. The van der Waals surface area contributed by atoms with Crippen molar-refractivity contribution >= 4 is 23.2 Å². The molecular weight excluding hydrogens is 279 g/mol. The van der Waals surface area contributed by atoms with Crippen LogP contribution in [0.1, 0.15) is 27.6 Å². The SMILES string of the molecule is COc1ccc(C(Cl)c2cccc(C)c2Cl)cc1C. The van der Waals surface area contributed by atoms with Gasteiger partial charge in [0, 0.05) is 5.02 Å². The van der Waals surface area contributed by atoms with Crippen molar-refractivity contribution in [2.45, 2.75) is 19.2 Å². The van der Waals surface area contributed by atoms with E-state index in [1.807, 2.05) is 50.2 Å². The van der Waals surface area contributed by atoms with Gasteiger partial charge in [-0.2, -0.15) is 0 Å². The number of benzene rings is 2. The molecule has 1 unspecified atom stereocenters. The summed E-state index contributed by atoms with van der Waals surface area (Å²) in [6.45, 7) is 3.98. The lowest BCUT2D eigenvalue weighted by atomic mass is 10.0. The van der Waals surface area contributed by atoms with E-state index in [1.165, 1.54) is 0 Å². The number of hydrogen-bond donors (Lipinski definition) is 0. The number of hydrogen-bond acceptors (Lipinski definition) is 1. The highest BCUT2D eigenvalue weighted by molar-refractivity contribution is 6.33. The molecule has 1 atom stereocenters. The number of rotatable bonds is 3. The van der Waals surface area contributed by atoms with E-state index in [1.54, 1.807) is 7.11 Å². The molecule has 100 valence electrons. The zero-order chi connectivity index (χ0) is 14.0. The highest BCUT2D eigenvalue weighted by atomic mass is 35.5. The smallest absolute Gasteiger partial charge is 0.121 e. The Kier molecular flexibility index (Phi) is 4.38. The molecule has 0 amide bonds. The molecule has 0 aliphatic heterocycles. The maximum absolute atomic E-state index is 6.55. The molecule has 0 aliphatic carbocycles. The number of methoxy groups -OCH3 is 1. The van der Waals surface area contributed by atoms with Gasteiger partial charge in [-0.05, 0) is 42.2 Å². The molecular formula is C16H16Cl2O. The van der Waals surface area contributed by atoms with E-state index in [-0.39, 0.29) is 5.38 Å². The second kappa shape index (κ2) is 5.85. The summed E-state index contributed by atoms with van der Waals surface area (Å²) in [6, 6.07) is 11.9. The Morgan fingerprint density at radius 3 is 2.42 bits per heavy atom. The fourth-order valence-electron chi connectivity index (χ4n) is 2.10. The van der Waals surface area contributed by atoms with Crippen molar-refractivity contribution < 1.29 is 4.74 Å². The van der Waals surface area contributed by atoms with Crippen LogP contribution < -0.4 is 4.74 Å². The third kappa shape index (κ3) is 2.88. The molecule has 2 aromatic rings. The summed E-state index contributed by atoms with van der Waals surface area (Å²) in [7, 11) is 1.66. The lowest BCUT2D eigenvalue weighted by molar-refractivity contribution is 0.411. The van der Waals surface area contributed by atoms with Crippen LogP contribution in [-0.2, 0) is 0 Å². The van der Waals surface area contributed by atoms with Crippen LogP contribution in [0.5, 0.6) is 5.75 Å². The quantitative estimate of drug-likeness (QED) is 0.699. The van der Waals surface area contributed by atoms with Crippen molar-refractivity contribution in [2.75, 3.05) is 7.11 Å². The second-order valence-electron chi connectivity index (χ2n) is 4.57. The van der Waals surface area contributed by atoms with E-state index < -0.39 is 0 Å². The van der Waals surface area contributed by atoms with Crippen molar-refractivity contribution in [2.24, 2.45) is 0 Å². The number of alkyl halides is 1. The summed E-state index contributed by atoms with van der Waals surface area (Å²) in [5.74, 6) is 0.864. The molecule has 0 saturated heterocycles. The van der Waals surface area contributed by atoms with Crippen LogP contribution >= 0.6 is 23.2 Å². The van der Waals surface area contributed by atoms with Crippen molar-refractivity contribution in [3.05, 3.63) is 63.7 Å². The van der Waals surface area contributed by atoms with Crippen LogP contribution in [0, 0.1) is 13.8 Å². The third-order valence-corrected chi connectivity index (χ3v) is 4.21. The summed E-state index contributed by atoms with van der Waals surface area (Å²) in [6.07, 6.45) is 0. The van der Waals surface area contributed by atoms with Gasteiger partial charge >= 0.3 is 0 Å². The lowest BCUT2D eigenvalue weighted by Gasteiger charge is -2.15. The molecule has 2 aromatic carbocycles. The molecule has 3 heteroatoms. The standard InChI is InChI=1S/C16H16Cl2O/c1-10-5-4-6-13(15(10)17)16(18)12-7-8-14(19-3)11(2)9-12/h4-9,16H,1-3H3. The van der Waals surface area contributed by atoms with Gasteiger partial charge in [0.25, 0.3) is 0 Å². The van der Waals surface area contributed by atoms with Crippen LogP contribution in [0.4, 0.5) is 0 Å². The molecule has 0 bridgehead atoms. The Labute approximate surface area is 124 Å². The minimum Gasteiger partial charge on any atom is -0.496 e. The summed E-state index contributed by atoms with van der Waals surface area (Å²) in [5.41, 5.74) is 4.06. The first kappa shape index (κ1) is 14.2. The Bertz CT molecular complexity index is 593. The first-order chi connectivity index (χ1) is 9.04. The van der Waals surface area contributed by atoms with Crippen LogP contribution in [-0.4, -0.2) is 7.11 Å². The number of ether oxygens (including phenoxy) is 1. The number of halogens is 2. The van der Waals surface area contributed by atoms with Gasteiger partial charge in [-0.1, -0.05) is 41.9 Å². The summed E-state index contributed by atoms with van der Waals surface area (Å²) in [4.78, 5) is 0. The molecule has 0 aliphatic rings. The minimum absolute atomic E-state index is 0.253. The van der Waals surface area contributed by atoms with E-state index in [9.17, 15) is 0 Å². The Balaban J connectivity index is 2.41. The molecule has 1 nitrogen and oxygen atoms in total. The van der Waals surface area contributed by atoms with E-state index in [0.29, 0.717) is 0 Å². The Morgan fingerprint density at radius 2 is 1.79 bits per heavy atom. The average Bonchev–Trinajstić information content (AvgIpc) is 2.41. The van der Waals surface area contributed by atoms with Crippen molar-refractivity contribution in [1.29, 1.82) is 0 Å². The van der Waals surface area contributed by atoms with Crippen LogP contribution in [0.15, 0.2) is 36.4 Å². The van der Waals surface area contributed by atoms with Gasteiger partial charge in [-0.3, -0.25) is 0 Å². The minimum atomic E-state index is -0.253. The second-order valence-corrected chi connectivity index (χ2v) is 5.38. The molecule has 0 fully saturated rings. The summed E-state index contributed by atoms with van der Waals surface area (Å²) >= 11 is 12.9. The first-order valence-electron chi connectivity index (χ1n) is 6.08. The van der Waals surface area contributed by atoms with Crippen molar-refractivity contribution in [1.82, 2.24) is 0 Å². The first-order valence-corrected chi connectivity index (χ1v) is 6.89. The molecule has 0 spiro atoms. The van der Waals surface area contributed by atoms with Crippen molar-refractivity contribution in [3.8, 4) is 5.75 Å². The molecule has 2 rings (SSSR count). The normalized spacial score (nSPS) is 12.3. The molecule has 19 heavy (non-hydrogen) atoms. The van der Waals surface area contributed by atoms with Crippen molar-refractivity contribution in [3.63, 3.8) is 0 Å². The van der Waals surface area contributed by atoms with Gasteiger partial charge in [-0.15, -0.1) is 11.6 Å². The Hall–Kier alpha value is -1.18. The maximum atomic E-state index is 6.55. The average molecular weight is 295 g/mol. The lowest BCUT2D eigenvalue weighted by Crippen LogP contribution is -1.97. The maximum Gasteiger partial charge on any atom is 0.121 e. The Morgan fingerprint density at radius 1 is 1.05 bits per heavy atom. The van der Waals surface area contributed by atoms with Crippen LogP contribution in [0.3, 0.4) is 0 Å². The molecule has 0 radical (unpaired) electrons. The summed E-state index contributed by atoms with van der Waals surface area (Å²) in [5, 5.41) is 0.480. The fraction of sp³-hybridized carbons (Fsp3) is 0.250. The monoisotopic (exact) mass is 294 g/mol. The van der Waals surface area contributed by atoms with Gasteiger partial charge in [0.15, 0.2) is 0 Å². The zero-order valence-electron chi connectivity index (χ0n) is 11.2. The predicted octanol–water partition coefficient (Wildman–Crippen LogP) is 5.29. The van der Waals surface area contributed by atoms with E-state index in [4.69, 9.17) is 27.9 Å². The predicted molar refractivity (Wildman–Crippen MR) is 81.6 cm³/mol. The molecule has 0 N–H and O–H groups in total. The van der Waals surface area contributed by atoms with E-state index >= 15 is 0 Å². The fourth-order valence-corrected chi connectivity index (χ4v) is 2.71. The van der Waals surface area contributed by atoms with Gasteiger partial charge in [0.1, 0.15) is 5.75 Å². The molecule has 0 saturated carbocycles. The van der Waals surface area contributed by atoms with Crippen LogP contribution in [0.2, 0.25) is 5.02 Å². The third-order valence-electron chi connectivity index (χ3n) is 3.21. The van der Waals surface area contributed by atoms with Gasteiger partial charge in [0.2, 0.25) is 0 Å². The van der Waals surface area contributed by atoms with Gasteiger partial charge in [-0.25, -0.2) is 0 Å². The zero-order valence-corrected chi connectivity index (χ0v) is 12.7. The van der Waals surface area contributed by atoms with Gasteiger partial charge in [0.05, 0.1) is 12.5 Å². The highest BCUT2D eigenvalue weighted by Crippen LogP contribution is 2.36.